The van der Waals surface area contributed by atoms with Gasteiger partial charge in [0, 0.05) is 24.3 Å². The Balaban J connectivity index is 2.07. The number of halogens is 1. The highest BCUT2D eigenvalue weighted by Crippen LogP contribution is 2.54. The van der Waals surface area contributed by atoms with E-state index >= 15 is 0 Å². The van der Waals surface area contributed by atoms with Gasteiger partial charge in [-0.2, -0.15) is 0 Å². The molecule has 4 heteroatoms. The molecule has 0 spiro atoms. The predicted octanol–water partition coefficient (Wildman–Crippen LogP) is 3.56. The molecule has 0 atom stereocenters. The minimum atomic E-state index is -2.11. The molecule has 2 nitrogen and oxygen atoms in total. The molecule has 0 aliphatic heterocycles. The molecule has 0 aromatic carbocycles. The van der Waals surface area contributed by atoms with Crippen LogP contribution in [0.25, 0.3) is 0 Å². The summed E-state index contributed by atoms with van der Waals surface area (Å²) in [6.45, 7) is 5.50. The van der Waals surface area contributed by atoms with Crippen LogP contribution in [0.2, 0.25) is 11.1 Å². The van der Waals surface area contributed by atoms with Gasteiger partial charge in [0.2, 0.25) is 0 Å². The van der Waals surface area contributed by atoms with E-state index in [-0.39, 0.29) is 0 Å². The van der Waals surface area contributed by atoms with Gasteiger partial charge in [0.15, 0.2) is 0 Å². The monoisotopic (exact) mass is 246 g/mol. The van der Waals surface area contributed by atoms with Crippen LogP contribution in [0, 0.1) is 0 Å². The molecular weight excluding hydrogens is 223 g/mol. The van der Waals surface area contributed by atoms with Gasteiger partial charge >= 0.3 is 8.56 Å². The maximum absolute atomic E-state index is 13.1. The normalized spacial score (nSPS) is 30.9. The molecule has 2 aliphatic rings. The fraction of sp³-hybridized carbons (Fsp3) is 1.00. The van der Waals surface area contributed by atoms with Gasteiger partial charge < -0.3 is 8.85 Å². The third kappa shape index (κ3) is 2.07. The summed E-state index contributed by atoms with van der Waals surface area (Å²) in [6.07, 6.45) is 4.54. The van der Waals surface area contributed by atoms with Gasteiger partial charge in [-0.15, -0.1) is 0 Å². The minimum absolute atomic E-state index is 0.410. The van der Waals surface area contributed by atoms with E-state index in [9.17, 15) is 4.39 Å². The molecule has 2 aliphatic carbocycles. The molecule has 0 saturated heterocycles. The lowest BCUT2D eigenvalue weighted by Gasteiger charge is -2.49. The van der Waals surface area contributed by atoms with Crippen molar-refractivity contribution in [3.8, 4) is 0 Å². The molecule has 16 heavy (non-hydrogen) atoms. The Bertz CT molecular complexity index is 221. The molecular formula is C12H23FO2Si. The summed E-state index contributed by atoms with van der Waals surface area (Å²) < 4.78 is 25.2. The highest BCUT2D eigenvalue weighted by molar-refractivity contribution is 6.71. The van der Waals surface area contributed by atoms with Crippen molar-refractivity contribution in [3.05, 3.63) is 0 Å². The summed E-state index contributed by atoms with van der Waals surface area (Å²) in [5.41, 5.74) is 1.04. The maximum Gasteiger partial charge on any atom is 0.344 e. The van der Waals surface area contributed by atoms with E-state index in [0.717, 1.165) is 13.2 Å². The van der Waals surface area contributed by atoms with Crippen molar-refractivity contribution < 1.29 is 13.2 Å². The predicted molar refractivity (Wildman–Crippen MR) is 64.5 cm³/mol. The Hall–Kier alpha value is 0.0669. The zero-order chi connectivity index (χ0) is 11.6. The highest BCUT2D eigenvalue weighted by atomic mass is 28.4. The van der Waals surface area contributed by atoms with E-state index in [4.69, 9.17) is 8.85 Å². The van der Waals surface area contributed by atoms with Crippen LogP contribution in [-0.4, -0.2) is 27.9 Å². The zero-order valence-corrected chi connectivity index (χ0v) is 11.4. The lowest BCUT2D eigenvalue weighted by molar-refractivity contribution is 0.105. The minimum Gasteiger partial charge on any atom is -0.394 e. The Morgan fingerprint density at radius 1 is 1.06 bits per heavy atom. The van der Waals surface area contributed by atoms with E-state index in [2.05, 4.69) is 0 Å². The van der Waals surface area contributed by atoms with Crippen LogP contribution in [0.1, 0.15) is 46.0 Å². The number of alkyl halides is 1. The third-order valence-electron chi connectivity index (χ3n) is 4.06. The van der Waals surface area contributed by atoms with Crippen LogP contribution >= 0.6 is 0 Å². The van der Waals surface area contributed by atoms with Crippen molar-refractivity contribution in [1.82, 2.24) is 0 Å². The maximum atomic E-state index is 13.1. The van der Waals surface area contributed by atoms with Crippen LogP contribution in [0.4, 0.5) is 4.39 Å². The summed E-state index contributed by atoms with van der Waals surface area (Å²) in [4.78, 5) is 0. The van der Waals surface area contributed by atoms with Gasteiger partial charge in [-0.25, -0.2) is 4.39 Å². The van der Waals surface area contributed by atoms with Gasteiger partial charge in [0.25, 0.3) is 0 Å². The van der Waals surface area contributed by atoms with Crippen LogP contribution in [0.15, 0.2) is 0 Å². The molecule has 0 unspecified atom stereocenters. The molecule has 0 bridgehead atoms. The van der Waals surface area contributed by atoms with E-state index in [1.807, 2.05) is 13.8 Å². The number of rotatable bonds is 6. The SMILES string of the molecule is CCO[Si](OCC)(C1CCC1)C1CC(F)C1. The molecule has 0 aromatic heterocycles. The molecule has 0 radical (unpaired) electrons. The molecule has 0 aromatic rings. The molecule has 2 fully saturated rings. The average molecular weight is 246 g/mol. The summed E-state index contributed by atoms with van der Waals surface area (Å²) >= 11 is 0. The van der Waals surface area contributed by atoms with E-state index in [0.29, 0.717) is 23.9 Å². The van der Waals surface area contributed by atoms with Crippen LogP contribution in [0.3, 0.4) is 0 Å². The summed E-state index contributed by atoms with van der Waals surface area (Å²) in [7, 11) is -2.11. The average Bonchev–Trinajstić information content (AvgIpc) is 2.10. The molecule has 2 rings (SSSR count). The number of hydrogen-bond acceptors (Lipinski definition) is 2. The smallest absolute Gasteiger partial charge is 0.344 e. The van der Waals surface area contributed by atoms with E-state index in [1.54, 1.807) is 0 Å². The van der Waals surface area contributed by atoms with Gasteiger partial charge in [0.1, 0.15) is 6.17 Å². The van der Waals surface area contributed by atoms with Crippen molar-refractivity contribution in [3.63, 3.8) is 0 Å². The van der Waals surface area contributed by atoms with Crippen molar-refractivity contribution in [2.24, 2.45) is 0 Å². The molecule has 94 valence electrons. The fourth-order valence-corrected chi connectivity index (χ4v) is 7.96. The second kappa shape index (κ2) is 5.15. The first-order valence-electron chi connectivity index (χ1n) is 6.64. The van der Waals surface area contributed by atoms with Crippen LogP contribution < -0.4 is 0 Å². The standard InChI is InChI=1S/C12H23FO2Si/c1-3-14-16(15-4-2,11-6-5-7-11)12-8-10(13)9-12/h10-12H,3-9H2,1-2H3. The Morgan fingerprint density at radius 2 is 1.62 bits per heavy atom. The first-order chi connectivity index (χ1) is 7.73. The zero-order valence-electron chi connectivity index (χ0n) is 10.4. The molecule has 0 heterocycles. The summed E-state index contributed by atoms with van der Waals surface area (Å²) in [6, 6.07) is 0. The van der Waals surface area contributed by atoms with Crippen molar-refractivity contribution in [2.45, 2.75) is 63.2 Å². The summed E-state index contributed by atoms with van der Waals surface area (Å²) in [5.74, 6) is 0. The highest BCUT2D eigenvalue weighted by Gasteiger charge is 2.58. The lowest BCUT2D eigenvalue weighted by Crippen LogP contribution is -2.56. The van der Waals surface area contributed by atoms with Crippen molar-refractivity contribution in [2.75, 3.05) is 13.2 Å². The Morgan fingerprint density at radius 3 is 1.94 bits per heavy atom. The van der Waals surface area contributed by atoms with Crippen LogP contribution in [0.5, 0.6) is 0 Å². The quantitative estimate of drug-likeness (QED) is 0.667. The van der Waals surface area contributed by atoms with E-state index < -0.39 is 14.7 Å². The molecule has 0 amide bonds. The topological polar surface area (TPSA) is 18.5 Å². The fourth-order valence-electron chi connectivity index (χ4n) is 2.99. The molecule has 0 N–H and O–H groups in total. The lowest BCUT2D eigenvalue weighted by atomic mass is 9.96. The largest absolute Gasteiger partial charge is 0.394 e. The first-order valence-corrected chi connectivity index (χ1v) is 8.62. The second-order valence-electron chi connectivity index (χ2n) is 4.98. The van der Waals surface area contributed by atoms with Crippen molar-refractivity contribution >= 4 is 8.56 Å². The van der Waals surface area contributed by atoms with Gasteiger partial charge in [-0.05, 0) is 39.5 Å². The Kier molecular flexibility index (Phi) is 4.03. The summed E-state index contributed by atoms with van der Waals surface area (Å²) in [5, 5.41) is 0. The second-order valence-corrected chi connectivity index (χ2v) is 8.63. The first kappa shape index (κ1) is 12.5. The van der Waals surface area contributed by atoms with Crippen molar-refractivity contribution in [1.29, 1.82) is 0 Å². The van der Waals surface area contributed by atoms with Gasteiger partial charge in [0.05, 0.1) is 0 Å². The van der Waals surface area contributed by atoms with Crippen LogP contribution in [-0.2, 0) is 8.85 Å². The number of hydrogen-bond donors (Lipinski definition) is 0. The third-order valence-corrected chi connectivity index (χ3v) is 8.87. The van der Waals surface area contributed by atoms with E-state index in [1.165, 1.54) is 19.3 Å². The van der Waals surface area contributed by atoms with Gasteiger partial charge in [-0.3, -0.25) is 0 Å². The van der Waals surface area contributed by atoms with Gasteiger partial charge in [-0.1, -0.05) is 6.42 Å². The Labute approximate surface area is 98.8 Å². The molecule has 2 saturated carbocycles.